The number of pyridine rings is 2. The van der Waals surface area contributed by atoms with E-state index in [1.807, 2.05) is 48.5 Å². The van der Waals surface area contributed by atoms with Crippen molar-refractivity contribution in [3.8, 4) is 17.4 Å². The summed E-state index contributed by atoms with van der Waals surface area (Å²) in [5.74, 6) is 1.86. The fourth-order valence-corrected chi connectivity index (χ4v) is 7.63. The number of hydrogen-bond acceptors (Lipinski definition) is 7. The zero-order chi connectivity index (χ0) is 33.4. The molecule has 8 heteroatoms. The molecule has 3 aliphatic rings. The maximum Gasteiger partial charge on any atom is 0.214 e. The highest BCUT2D eigenvalue weighted by atomic mass is 19.1. The molecule has 3 aliphatic heterocycles. The fourth-order valence-electron chi connectivity index (χ4n) is 7.63. The molecule has 246 valence electrons. The van der Waals surface area contributed by atoms with Gasteiger partial charge in [0.25, 0.3) is 0 Å². The standard InChI is InChI=1S/C40H40FN3O4/c1-5-25-22-44-16-15-26(25)19-35(44)40(45)31-21-28(42-34-13-14-36(46-3)29(6-2)39(31)34)18-27-20-38(43-33-10-8-7-9-30(27)33)48-23-24-11-12-32(41)37(17-24)47-4/h5-14,17,20-21,25-26,35,40,45H,1-2,15-16,18-19,22-23H2,3-4H3/t25-,26?,35-,40+/m0/s1. The average Bonchev–Trinajstić information content (AvgIpc) is 3.13. The summed E-state index contributed by atoms with van der Waals surface area (Å²) in [6.45, 7) is 10.3. The summed E-state index contributed by atoms with van der Waals surface area (Å²) < 4.78 is 31.0. The third-order valence-electron chi connectivity index (χ3n) is 10.1. The number of halogens is 1. The van der Waals surface area contributed by atoms with Crippen LogP contribution in [0.5, 0.6) is 17.4 Å². The lowest BCUT2D eigenvalue weighted by Gasteiger charge is -2.50. The Morgan fingerprint density at radius 2 is 1.83 bits per heavy atom. The van der Waals surface area contributed by atoms with E-state index in [9.17, 15) is 9.50 Å². The van der Waals surface area contributed by atoms with Gasteiger partial charge in [0.1, 0.15) is 12.4 Å². The molecule has 7 nitrogen and oxygen atoms in total. The second-order valence-corrected chi connectivity index (χ2v) is 12.7. The molecule has 0 spiro atoms. The third-order valence-corrected chi connectivity index (χ3v) is 10.1. The van der Waals surface area contributed by atoms with E-state index in [0.29, 0.717) is 29.9 Å². The normalized spacial score (nSPS) is 20.8. The van der Waals surface area contributed by atoms with Gasteiger partial charge in [0.15, 0.2) is 11.6 Å². The van der Waals surface area contributed by atoms with Crippen molar-refractivity contribution in [3.05, 3.63) is 120 Å². The topological polar surface area (TPSA) is 76.9 Å². The van der Waals surface area contributed by atoms with Crippen molar-refractivity contribution in [2.75, 3.05) is 27.3 Å². The molecular formula is C40H40FN3O4. The lowest BCUT2D eigenvalue weighted by atomic mass is 9.73. The molecule has 0 saturated carbocycles. The van der Waals surface area contributed by atoms with Crippen LogP contribution in [0, 0.1) is 17.7 Å². The van der Waals surface area contributed by atoms with Gasteiger partial charge in [0.2, 0.25) is 5.88 Å². The van der Waals surface area contributed by atoms with Crippen molar-refractivity contribution in [3.63, 3.8) is 0 Å². The maximum absolute atomic E-state index is 14.0. The predicted molar refractivity (Wildman–Crippen MR) is 187 cm³/mol. The van der Waals surface area contributed by atoms with Gasteiger partial charge in [0, 0.05) is 47.1 Å². The average molecular weight is 646 g/mol. The van der Waals surface area contributed by atoms with E-state index < -0.39 is 11.9 Å². The predicted octanol–water partition coefficient (Wildman–Crippen LogP) is 7.68. The minimum absolute atomic E-state index is 0.00545. The zero-order valence-corrected chi connectivity index (χ0v) is 27.4. The van der Waals surface area contributed by atoms with Crippen molar-refractivity contribution in [2.24, 2.45) is 11.8 Å². The number of hydrogen-bond donors (Lipinski definition) is 1. The quantitative estimate of drug-likeness (QED) is 0.148. The van der Waals surface area contributed by atoms with E-state index in [2.05, 4.69) is 24.1 Å². The number of piperidine rings is 3. The lowest BCUT2D eigenvalue weighted by molar-refractivity contribution is -0.0445. The van der Waals surface area contributed by atoms with Gasteiger partial charge < -0.3 is 19.3 Å². The van der Waals surface area contributed by atoms with E-state index in [4.69, 9.17) is 24.2 Å². The molecule has 8 rings (SSSR count). The number of para-hydroxylation sites is 1. The summed E-state index contributed by atoms with van der Waals surface area (Å²) in [6, 6.07) is 20.5. The molecule has 3 saturated heterocycles. The van der Waals surface area contributed by atoms with Gasteiger partial charge in [-0.05, 0) is 84.3 Å². The smallest absolute Gasteiger partial charge is 0.214 e. The summed E-state index contributed by atoms with van der Waals surface area (Å²) >= 11 is 0. The van der Waals surface area contributed by atoms with Gasteiger partial charge in [-0.25, -0.2) is 9.37 Å². The summed E-state index contributed by atoms with van der Waals surface area (Å²) in [6.07, 6.45) is 5.67. The molecule has 2 aromatic heterocycles. The van der Waals surface area contributed by atoms with Crippen LogP contribution in [0.2, 0.25) is 0 Å². The zero-order valence-electron chi connectivity index (χ0n) is 27.4. The fraction of sp³-hybridized carbons (Fsp3) is 0.300. The molecule has 1 N–H and O–H groups in total. The van der Waals surface area contributed by atoms with Crippen LogP contribution in [0.1, 0.15) is 46.9 Å². The molecule has 3 aromatic carbocycles. The minimum atomic E-state index is -0.727. The molecule has 48 heavy (non-hydrogen) atoms. The molecule has 2 unspecified atom stereocenters. The van der Waals surface area contributed by atoms with Crippen molar-refractivity contribution in [1.82, 2.24) is 14.9 Å². The molecule has 0 radical (unpaired) electrons. The van der Waals surface area contributed by atoms with E-state index >= 15 is 0 Å². The van der Waals surface area contributed by atoms with Crippen molar-refractivity contribution < 1.29 is 23.7 Å². The SMILES string of the molecule is C=Cc1c(OC)ccc2nc(Cc3cc(OCc4ccc(F)c(OC)c4)nc4ccccc34)cc([C@@H](O)[C@@H]3CC4CCN3C[C@@H]4C=C)c12. The first kappa shape index (κ1) is 31.8. The highest BCUT2D eigenvalue weighted by molar-refractivity contribution is 5.94. The van der Waals surface area contributed by atoms with Gasteiger partial charge in [-0.1, -0.05) is 43.0 Å². The van der Waals surface area contributed by atoms with Crippen LogP contribution in [0.3, 0.4) is 0 Å². The van der Waals surface area contributed by atoms with Gasteiger partial charge in [-0.3, -0.25) is 9.88 Å². The summed E-state index contributed by atoms with van der Waals surface area (Å²) in [7, 11) is 3.09. The Labute approximate surface area is 280 Å². The second kappa shape index (κ2) is 13.4. The number of methoxy groups -OCH3 is 2. The van der Waals surface area contributed by atoms with Crippen LogP contribution in [-0.2, 0) is 13.0 Å². The van der Waals surface area contributed by atoms with Crippen molar-refractivity contribution in [2.45, 2.75) is 38.0 Å². The van der Waals surface area contributed by atoms with E-state index in [1.165, 1.54) is 13.2 Å². The number of aromatic nitrogens is 2. The highest BCUT2D eigenvalue weighted by Crippen LogP contribution is 2.43. The first-order valence-corrected chi connectivity index (χ1v) is 16.4. The van der Waals surface area contributed by atoms with Gasteiger partial charge >= 0.3 is 0 Å². The Morgan fingerprint density at radius 1 is 1.00 bits per heavy atom. The van der Waals surface area contributed by atoms with Crippen LogP contribution in [0.15, 0.2) is 86.0 Å². The van der Waals surface area contributed by atoms with Crippen molar-refractivity contribution in [1.29, 1.82) is 0 Å². The largest absolute Gasteiger partial charge is 0.496 e. The Kier molecular flexibility index (Phi) is 8.86. The molecule has 2 bridgehead atoms. The van der Waals surface area contributed by atoms with Crippen LogP contribution in [-0.4, -0.2) is 53.3 Å². The number of aliphatic hydroxyl groups excluding tert-OH is 1. The first-order chi connectivity index (χ1) is 23.4. The Morgan fingerprint density at radius 3 is 2.58 bits per heavy atom. The second-order valence-electron chi connectivity index (χ2n) is 12.7. The monoisotopic (exact) mass is 645 g/mol. The molecule has 3 fully saturated rings. The Balaban J connectivity index is 1.27. The number of fused-ring (bicyclic) bond motifs is 5. The van der Waals surface area contributed by atoms with Gasteiger partial charge in [-0.15, -0.1) is 6.58 Å². The van der Waals surface area contributed by atoms with E-state index in [-0.39, 0.29) is 18.4 Å². The summed E-state index contributed by atoms with van der Waals surface area (Å²) in [4.78, 5) is 12.3. The van der Waals surface area contributed by atoms with Crippen LogP contribution in [0.25, 0.3) is 27.9 Å². The van der Waals surface area contributed by atoms with Crippen LogP contribution >= 0.6 is 0 Å². The number of benzene rings is 3. The van der Waals surface area contributed by atoms with Gasteiger partial charge in [-0.2, -0.15) is 0 Å². The number of nitrogens with zero attached hydrogens (tertiary/aromatic N) is 3. The van der Waals surface area contributed by atoms with Gasteiger partial charge in [0.05, 0.1) is 31.4 Å². The third kappa shape index (κ3) is 5.91. The Bertz CT molecular complexity index is 2010. The molecule has 5 aromatic rings. The van der Waals surface area contributed by atoms with Crippen LogP contribution in [0.4, 0.5) is 4.39 Å². The highest BCUT2D eigenvalue weighted by Gasteiger charge is 2.42. The summed E-state index contributed by atoms with van der Waals surface area (Å²) in [5, 5.41) is 14.1. The lowest BCUT2D eigenvalue weighted by Crippen LogP contribution is -2.54. The van der Waals surface area contributed by atoms with Crippen LogP contribution < -0.4 is 14.2 Å². The molecule has 0 aliphatic carbocycles. The molecular weight excluding hydrogens is 605 g/mol. The molecule has 5 atom stereocenters. The summed E-state index contributed by atoms with van der Waals surface area (Å²) in [5.41, 5.74) is 5.80. The number of aliphatic hydroxyl groups is 1. The number of ether oxygens (including phenoxy) is 3. The molecule has 5 heterocycles. The minimum Gasteiger partial charge on any atom is -0.496 e. The first-order valence-electron chi connectivity index (χ1n) is 16.4. The van der Waals surface area contributed by atoms with Crippen molar-refractivity contribution >= 4 is 27.9 Å². The number of rotatable bonds is 11. The Hall–Kier alpha value is -4.79. The maximum atomic E-state index is 14.0. The van der Waals surface area contributed by atoms with E-state index in [0.717, 1.165) is 75.7 Å². The molecule has 0 amide bonds. The van der Waals surface area contributed by atoms with E-state index in [1.54, 1.807) is 25.3 Å².